The highest BCUT2D eigenvalue weighted by atomic mass is 16.6. The summed E-state index contributed by atoms with van der Waals surface area (Å²) >= 11 is 0. The van der Waals surface area contributed by atoms with Crippen LogP contribution >= 0.6 is 0 Å². The van der Waals surface area contributed by atoms with Gasteiger partial charge in [0.25, 0.3) is 0 Å². The molecule has 0 saturated heterocycles. The predicted octanol–water partition coefficient (Wildman–Crippen LogP) is 6.49. The van der Waals surface area contributed by atoms with Crippen LogP contribution in [0.5, 0.6) is 0 Å². The minimum absolute atomic E-state index is 0.0234. The molecular weight excluding hydrogens is 404 g/mol. The third kappa shape index (κ3) is 9.41. The molecular formula is C27H48O5. The Morgan fingerprint density at radius 2 is 1.03 bits per heavy atom. The highest BCUT2D eigenvalue weighted by molar-refractivity contribution is 5.80. The van der Waals surface area contributed by atoms with Crippen molar-refractivity contribution in [1.82, 2.24) is 0 Å². The number of carbonyl (C=O) groups excluding carboxylic acids is 2. The first-order chi connectivity index (χ1) is 14.8. The average molecular weight is 453 g/mol. The summed E-state index contributed by atoms with van der Waals surface area (Å²) in [5, 5.41) is 10.3. The van der Waals surface area contributed by atoms with Gasteiger partial charge in [-0.05, 0) is 92.9 Å². The molecule has 0 amide bonds. The summed E-state index contributed by atoms with van der Waals surface area (Å²) in [5.74, 6) is -0.0469. The normalized spacial score (nSPS) is 19.0. The molecule has 2 saturated carbocycles. The van der Waals surface area contributed by atoms with Gasteiger partial charge in [0.05, 0.1) is 16.9 Å². The van der Waals surface area contributed by atoms with Gasteiger partial charge >= 0.3 is 11.9 Å². The number of rotatable bonds is 14. The summed E-state index contributed by atoms with van der Waals surface area (Å²) in [6, 6.07) is 0. The number of carbonyl (C=O) groups is 2. The molecule has 0 aromatic heterocycles. The molecule has 0 atom stereocenters. The highest BCUT2D eigenvalue weighted by Crippen LogP contribution is 2.52. The first kappa shape index (κ1) is 27.1. The molecule has 0 aliphatic heterocycles. The van der Waals surface area contributed by atoms with E-state index in [1.54, 1.807) is 0 Å². The standard InChI is InChI=1S/C27H48O5/c1-24(2,3)31-22(29)26(17-18-26)15-11-7-9-13-21(28)14-10-8-12-16-27(19-20-27)23(30)32-25(4,5)6/h21,28H,7-20H2,1-6H3. The summed E-state index contributed by atoms with van der Waals surface area (Å²) in [5.41, 5.74) is -1.26. The number of aliphatic hydroxyl groups is 1. The second-order valence-corrected chi connectivity index (χ2v) is 12.4. The van der Waals surface area contributed by atoms with E-state index in [4.69, 9.17) is 9.47 Å². The second kappa shape index (κ2) is 10.9. The topological polar surface area (TPSA) is 72.8 Å². The number of hydrogen-bond acceptors (Lipinski definition) is 5. The molecule has 186 valence electrons. The molecule has 0 unspecified atom stereocenters. The van der Waals surface area contributed by atoms with Crippen LogP contribution in [0.3, 0.4) is 0 Å². The van der Waals surface area contributed by atoms with E-state index in [0.29, 0.717) is 0 Å². The van der Waals surface area contributed by atoms with E-state index in [9.17, 15) is 14.7 Å². The molecule has 5 heteroatoms. The summed E-state index contributed by atoms with van der Waals surface area (Å²) in [7, 11) is 0. The van der Waals surface area contributed by atoms with Crippen molar-refractivity contribution < 1.29 is 24.2 Å². The van der Waals surface area contributed by atoms with Crippen LogP contribution < -0.4 is 0 Å². The van der Waals surface area contributed by atoms with Crippen molar-refractivity contribution in [2.24, 2.45) is 10.8 Å². The van der Waals surface area contributed by atoms with Crippen LogP contribution in [0.2, 0.25) is 0 Å². The number of ether oxygens (including phenoxy) is 2. The number of aliphatic hydroxyl groups excluding tert-OH is 1. The Hall–Kier alpha value is -1.10. The Balaban J connectivity index is 1.49. The Labute approximate surface area is 196 Å². The molecule has 5 nitrogen and oxygen atoms in total. The van der Waals surface area contributed by atoms with Gasteiger partial charge in [0, 0.05) is 0 Å². The molecule has 0 bridgehead atoms. The monoisotopic (exact) mass is 452 g/mol. The van der Waals surface area contributed by atoms with Crippen LogP contribution in [0.4, 0.5) is 0 Å². The Kier molecular flexibility index (Phi) is 9.23. The van der Waals surface area contributed by atoms with Gasteiger partial charge in [-0.15, -0.1) is 0 Å². The Morgan fingerprint density at radius 3 is 1.31 bits per heavy atom. The lowest BCUT2D eigenvalue weighted by atomic mass is 9.95. The number of hydrogen-bond donors (Lipinski definition) is 1. The van der Waals surface area contributed by atoms with Crippen LogP contribution in [-0.4, -0.2) is 34.4 Å². The van der Waals surface area contributed by atoms with Gasteiger partial charge in [0.15, 0.2) is 0 Å². The van der Waals surface area contributed by atoms with Gasteiger partial charge in [-0.1, -0.05) is 38.5 Å². The van der Waals surface area contributed by atoms with Crippen LogP contribution in [0.25, 0.3) is 0 Å². The fourth-order valence-corrected chi connectivity index (χ4v) is 4.37. The van der Waals surface area contributed by atoms with E-state index in [1.807, 2.05) is 41.5 Å². The quantitative estimate of drug-likeness (QED) is 0.241. The van der Waals surface area contributed by atoms with Crippen LogP contribution in [0.15, 0.2) is 0 Å². The van der Waals surface area contributed by atoms with Gasteiger partial charge < -0.3 is 14.6 Å². The number of unbranched alkanes of at least 4 members (excludes halogenated alkanes) is 4. The minimum Gasteiger partial charge on any atom is -0.460 e. The third-order valence-electron chi connectivity index (χ3n) is 6.76. The zero-order valence-electron chi connectivity index (χ0n) is 21.6. The molecule has 32 heavy (non-hydrogen) atoms. The van der Waals surface area contributed by atoms with Gasteiger partial charge in [-0.3, -0.25) is 9.59 Å². The SMILES string of the molecule is CC(C)(C)OC(=O)C1(CCCCCC(O)CCCCCC2(C(=O)OC(C)(C)C)CC2)CC1. The lowest BCUT2D eigenvalue weighted by Crippen LogP contribution is -2.29. The minimum atomic E-state index is -0.411. The molecule has 2 rings (SSSR count). The van der Waals surface area contributed by atoms with Crippen LogP contribution in [0, 0.1) is 10.8 Å². The summed E-state index contributed by atoms with van der Waals surface area (Å²) in [6.45, 7) is 11.5. The lowest BCUT2D eigenvalue weighted by molar-refractivity contribution is -0.163. The van der Waals surface area contributed by atoms with Gasteiger partial charge in [-0.2, -0.15) is 0 Å². The molecule has 1 N–H and O–H groups in total. The van der Waals surface area contributed by atoms with Crippen molar-refractivity contribution in [3.8, 4) is 0 Å². The third-order valence-corrected chi connectivity index (χ3v) is 6.76. The van der Waals surface area contributed by atoms with E-state index < -0.39 is 11.2 Å². The zero-order chi connectivity index (χ0) is 24.0. The maximum Gasteiger partial charge on any atom is 0.312 e. The second-order valence-electron chi connectivity index (χ2n) is 12.4. The molecule has 0 aromatic carbocycles. The van der Waals surface area contributed by atoms with Gasteiger partial charge in [0.1, 0.15) is 11.2 Å². The molecule has 0 spiro atoms. The lowest BCUT2D eigenvalue weighted by Gasteiger charge is -2.23. The Morgan fingerprint density at radius 1 is 0.688 bits per heavy atom. The zero-order valence-corrected chi connectivity index (χ0v) is 21.6. The van der Waals surface area contributed by atoms with Gasteiger partial charge in [0.2, 0.25) is 0 Å². The van der Waals surface area contributed by atoms with Crippen molar-refractivity contribution in [2.45, 2.75) is 149 Å². The highest BCUT2D eigenvalue weighted by Gasteiger charge is 2.52. The fourth-order valence-electron chi connectivity index (χ4n) is 4.37. The van der Waals surface area contributed by atoms with Gasteiger partial charge in [-0.25, -0.2) is 0 Å². The van der Waals surface area contributed by atoms with Crippen LogP contribution in [0.1, 0.15) is 131 Å². The molecule has 0 heterocycles. The van der Waals surface area contributed by atoms with E-state index in [2.05, 4.69) is 0 Å². The average Bonchev–Trinajstić information content (AvgIpc) is 3.54. The summed E-state index contributed by atoms with van der Waals surface area (Å²) in [6.07, 6.45) is 13.3. The Bertz CT molecular complexity index is 563. The summed E-state index contributed by atoms with van der Waals surface area (Å²) in [4.78, 5) is 24.7. The largest absolute Gasteiger partial charge is 0.460 e. The maximum absolute atomic E-state index is 12.4. The molecule has 0 radical (unpaired) electrons. The van der Waals surface area contributed by atoms with E-state index in [1.165, 1.54) is 0 Å². The molecule has 2 aliphatic rings. The van der Waals surface area contributed by atoms with E-state index >= 15 is 0 Å². The summed E-state index contributed by atoms with van der Waals surface area (Å²) < 4.78 is 11.2. The van der Waals surface area contributed by atoms with Crippen molar-refractivity contribution in [3.63, 3.8) is 0 Å². The maximum atomic E-state index is 12.4. The van der Waals surface area contributed by atoms with Crippen molar-refractivity contribution in [3.05, 3.63) is 0 Å². The molecule has 2 fully saturated rings. The first-order valence-corrected chi connectivity index (χ1v) is 12.9. The fraction of sp³-hybridized carbons (Fsp3) is 0.926. The first-order valence-electron chi connectivity index (χ1n) is 12.9. The van der Waals surface area contributed by atoms with E-state index in [-0.39, 0.29) is 28.9 Å². The van der Waals surface area contributed by atoms with Crippen molar-refractivity contribution in [2.75, 3.05) is 0 Å². The molecule has 0 aromatic rings. The van der Waals surface area contributed by atoms with Crippen molar-refractivity contribution >= 4 is 11.9 Å². The van der Waals surface area contributed by atoms with Crippen molar-refractivity contribution in [1.29, 1.82) is 0 Å². The van der Waals surface area contributed by atoms with Crippen LogP contribution in [-0.2, 0) is 19.1 Å². The molecule has 2 aliphatic carbocycles. The predicted molar refractivity (Wildman–Crippen MR) is 127 cm³/mol. The van der Waals surface area contributed by atoms with E-state index in [0.717, 1.165) is 89.9 Å². The number of esters is 2. The smallest absolute Gasteiger partial charge is 0.312 e.